The van der Waals surface area contributed by atoms with E-state index in [1.165, 1.54) is 19.2 Å². The lowest BCUT2D eigenvalue weighted by atomic mass is 9.95. The van der Waals surface area contributed by atoms with Crippen molar-refractivity contribution in [2.24, 2.45) is 0 Å². The Kier molecular flexibility index (Phi) is 4.07. The molecule has 4 heteroatoms. The van der Waals surface area contributed by atoms with Gasteiger partial charge in [-0.3, -0.25) is 0 Å². The van der Waals surface area contributed by atoms with Gasteiger partial charge in [0.25, 0.3) is 0 Å². The predicted molar refractivity (Wildman–Crippen MR) is 61.7 cm³/mol. The van der Waals surface area contributed by atoms with Gasteiger partial charge < -0.3 is 10.1 Å². The summed E-state index contributed by atoms with van der Waals surface area (Å²) in [5, 5.41) is 3.17. The molecule has 1 unspecified atom stereocenters. The lowest BCUT2D eigenvalue weighted by Gasteiger charge is -2.25. The smallest absolute Gasteiger partial charge is 0.136 e. The number of hydrogen-bond donors (Lipinski definition) is 1. The molecule has 1 aromatic rings. The van der Waals surface area contributed by atoms with Gasteiger partial charge in [0.1, 0.15) is 11.6 Å². The Bertz CT molecular complexity index is 389. The van der Waals surface area contributed by atoms with Crippen LogP contribution in [0.5, 0.6) is 0 Å². The fourth-order valence-electron chi connectivity index (χ4n) is 2.30. The first kappa shape index (κ1) is 12.5. The van der Waals surface area contributed by atoms with Gasteiger partial charge in [0.05, 0.1) is 6.61 Å². The number of piperidine rings is 1. The van der Waals surface area contributed by atoms with Crippen LogP contribution in [0.25, 0.3) is 0 Å². The Morgan fingerprint density at radius 2 is 2.18 bits per heavy atom. The minimum absolute atomic E-state index is 0.166. The Morgan fingerprint density at radius 1 is 1.35 bits per heavy atom. The van der Waals surface area contributed by atoms with E-state index in [1.807, 2.05) is 0 Å². The summed E-state index contributed by atoms with van der Waals surface area (Å²) in [5.74, 6) is -0.937. The van der Waals surface area contributed by atoms with E-state index in [2.05, 4.69) is 5.32 Å². The van der Waals surface area contributed by atoms with E-state index >= 15 is 0 Å². The third-order valence-electron chi connectivity index (χ3n) is 3.17. The van der Waals surface area contributed by atoms with Gasteiger partial charge in [0.15, 0.2) is 0 Å². The molecule has 1 aliphatic heterocycles. The van der Waals surface area contributed by atoms with E-state index in [0.29, 0.717) is 5.56 Å². The largest absolute Gasteiger partial charge is 0.380 e. The molecule has 94 valence electrons. The van der Waals surface area contributed by atoms with E-state index in [9.17, 15) is 8.78 Å². The number of halogens is 2. The molecule has 1 N–H and O–H groups in total. The van der Waals surface area contributed by atoms with Gasteiger partial charge in [0.2, 0.25) is 0 Å². The van der Waals surface area contributed by atoms with E-state index in [-0.39, 0.29) is 18.2 Å². The highest BCUT2D eigenvalue weighted by Crippen LogP contribution is 2.29. The molecule has 17 heavy (non-hydrogen) atoms. The van der Waals surface area contributed by atoms with Gasteiger partial charge in [-0.15, -0.1) is 0 Å². The third kappa shape index (κ3) is 2.64. The van der Waals surface area contributed by atoms with Gasteiger partial charge in [0, 0.05) is 24.3 Å². The summed E-state index contributed by atoms with van der Waals surface area (Å²) in [5.41, 5.74) is 0.579. The van der Waals surface area contributed by atoms with Crippen LogP contribution in [0.3, 0.4) is 0 Å². The molecule has 0 spiro atoms. The first-order chi connectivity index (χ1) is 8.24. The number of methoxy groups -OCH3 is 1. The van der Waals surface area contributed by atoms with Crippen LogP contribution in [-0.2, 0) is 11.3 Å². The second-order valence-electron chi connectivity index (χ2n) is 4.37. The predicted octanol–water partition coefficient (Wildman–Crippen LogP) is 2.93. The summed E-state index contributed by atoms with van der Waals surface area (Å²) in [4.78, 5) is 0. The minimum atomic E-state index is -0.471. The zero-order valence-electron chi connectivity index (χ0n) is 9.93. The van der Waals surface area contributed by atoms with Gasteiger partial charge in [-0.2, -0.15) is 0 Å². The molecule has 2 rings (SSSR count). The van der Waals surface area contributed by atoms with Crippen LogP contribution >= 0.6 is 0 Å². The van der Waals surface area contributed by atoms with E-state index in [1.54, 1.807) is 0 Å². The summed E-state index contributed by atoms with van der Waals surface area (Å²) in [7, 11) is 1.50. The van der Waals surface area contributed by atoms with Crippen molar-refractivity contribution in [3.8, 4) is 0 Å². The van der Waals surface area contributed by atoms with Gasteiger partial charge in [-0.25, -0.2) is 8.78 Å². The molecule has 0 radical (unpaired) electrons. The maximum atomic E-state index is 14.1. The third-order valence-corrected chi connectivity index (χ3v) is 3.17. The monoisotopic (exact) mass is 241 g/mol. The standard InChI is InChI=1S/C13H17F2NO/c1-17-8-9-5-6-10(14)12(13(9)15)11-4-2-3-7-16-11/h5-6,11,16H,2-4,7-8H2,1H3. The summed E-state index contributed by atoms with van der Waals surface area (Å²) in [6, 6.07) is 2.56. The van der Waals surface area contributed by atoms with E-state index in [0.717, 1.165) is 25.8 Å². The molecule has 0 aromatic heterocycles. The molecule has 0 bridgehead atoms. The first-order valence-electron chi connectivity index (χ1n) is 5.93. The van der Waals surface area contributed by atoms with Crippen molar-refractivity contribution in [3.05, 3.63) is 34.9 Å². The summed E-state index contributed by atoms with van der Waals surface area (Å²) in [6.45, 7) is 0.990. The molecule has 1 atom stereocenters. The van der Waals surface area contributed by atoms with Crippen LogP contribution in [0, 0.1) is 11.6 Å². The number of hydrogen-bond acceptors (Lipinski definition) is 2. The zero-order valence-corrected chi connectivity index (χ0v) is 9.93. The van der Waals surface area contributed by atoms with Gasteiger partial charge in [-0.05, 0) is 25.5 Å². The lowest BCUT2D eigenvalue weighted by Crippen LogP contribution is -2.28. The molecular weight excluding hydrogens is 224 g/mol. The van der Waals surface area contributed by atoms with Crippen LogP contribution in [0.1, 0.15) is 36.4 Å². The van der Waals surface area contributed by atoms with Crippen LogP contribution in [0.2, 0.25) is 0 Å². The number of benzene rings is 1. The van der Waals surface area contributed by atoms with Gasteiger partial charge in [-0.1, -0.05) is 12.5 Å². The summed E-state index contributed by atoms with van der Waals surface area (Å²) < 4.78 is 32.8. The summed E-state index contributed by atoms with van der Waals surface area (Å²) >= 11 is 0. The topological polar surface area (TPSA) is 21.3 Å². The second kappa shape index (κ2) is 5.56. The van der Waals surface area contributed by atoms with Crippen molar-refractivity contribution in [3.63, 3.8) is 0 Å². The van der Waals surface area contributed by atoms with Crippen molar-refractivity contribution in [1.29, 1.82) is 0 Å². The molecule has 0 aliphatic carbocycles. The molecule has 0 amide bonds. The van der Waals surface area contributed by atoms with Crippen LogP contribution in [0.4, 0.5) is 8.78 Å². The van der Waals surface area contributed by atoms with Crippen molar-refractivity contribution in [2.45, 2.75) is 31.9 Å². The minimum Gasteiger partial charge on any atom is -0.380 e. The fraction of sp³-hybridized carbons (Fsp3) is 0.538. The second-order valence-corrected chi connectivity index (χ2v) is 4.37. The average Bonchev–Trinajstić information content (AvgIpc) is 2.35. The average molecular weight is 241 g/mol. The van der Waals surface area contributed by atoms with Crippen molar-refractivity contribution in [1.82, 2.24) is 5.32 Å². The first-order valence-corrected chi connectivity index (χ1v) is 5.93. The molecule has 1 heterocycles. The number of rotatable bonds is 3. The summed E-state index contributed by atoms with van der Waals surface area (Å²) in [6.07, 6.45) is 2.85. The Balaban J connectivity index is 2.33. The van der Waals surface area contributed by atoms with Crippen molar-refractivity contribution >= 4 is 0 Å². The molecule has 1 aromatic carbocycles. The fourth-order valence-corrected chi connectivity index (χ4v) is 2.30. The molecular formula is C13H17F2NO. The highest BCUT2D eigenvalue weighted by atomic mass is 19.1. The maximum absolute atomic E-state index is 14.1. The zero-order chi connectivity index (χ0) is 12.3. The Labute approximate surface area is 100.0 Å². The molecule has 1 fully saturated rings. The molecule has 1 aliphatic rings. The van der Waals surface area contributed by atoms with E-state index < -0.39 is 11.6 Å². The molecule has 0 saturated carbocycles. The highest BCUT2D eigenvalue weighted by Gasteiger charge is 2.23. The number of ether oxygens (including phenoxy) is 1. The van der Waals surface area contributed by atoms with Crippen LogP contribution < -0.4 is 5.32 Å². The molecule has 1 saturated heterocycles. The van der Waals surface area contributed by atoms with Crippen molar-refractivity contribution in [2.75, 3.05) is 13.7 Å². The van der Waals surface area contributed by atoms with Crippen LogP contribution in [-0.4, -0.2) is 13.7 Å². The Hall–Kier alpha value is -1.00. The normalized spacial score (nSPS) is 20.5. The quantitative estimate of drug-likeness (QED) is 0.878. The Morgan fingerprint density at radius 3 is 2.82 bits per heavy atom. The maximum Gasteiger partial charge on any atom is 0.136 e. The van der Waals surface area contributed by atoms with Crippen LogP contribution in [0.15, 0.2) is 12.1 Å². The van der Waals surface area contributed by atoms with E-state index in [4.69, 9.17) is 4.74 Å². The lowest BCUT2D eigenvalue weighted by molar-refractivity contribution is 0.180. The van der Waals surface area contributed by atoms with Crippen molar-refractivity contribution < 1.29 is 13.5 Å². The molecule has 2 nitrogen and oxygen atoms in total. The van der Waals surface area contributed by atoms with Gasteiger partial charge >= 0.3 is 0 Å². The number of nitrogens with one attached hydrogen (secondary N) is 1. The highest BCUT2D eigenvalue weighted by molar-refractivity contribution is 5.30. The SMILES string of the molecule is COCc1ccc(F)c(C2CCCCN2)c1F.